The van der Waals surface area contributed by atoms with Crippen LogP contribution in [0.3, 0.4) is 0 Å². The molecule has 0 radical (unpaired) electrons. The fourth-order valence-corrected chi connectivity index (χ4v) is 3.79. The Kier molecular flexibility index (Phi) is 6.82. The highest BCUT2D eigenvalue weighted by atomic mass is 16.3. The van der Waals surface area contributed by atoms with Crippen LogP contribution in [0.4, 0.5) is 0 Å². The number of hydrogen-bond donors (Lipinski definition) is 7. The fourth-order valence-electron chi connectivity index (χ4n) is 3.79. The third-order valence-corrected chi connectivity index (χ3v) is 5.56. The van der Waals surface area contributed by atoms with Crippen LogP contribution in [-0.2, 0) is 12.8 Å². The summed E-state index contributed by atoms with van der Waals surface area (Å²) in [6.45, 7) is 1.31. The maximum absolute atomic E-state index is 8.02. The van der Waals surface area contributed by atoms with Crippen molar-refractivity contribution in [3.63, 3.8) is 0 Å². The van der Waals surface area contributed by atoms with Crippen LogP contribution in [-0.4, -0.2) is 30.7 Å². The van der Waals surface area contributed by atoms with E-state index < -0.39 is 0 Å². The number of nitrogen functional groups attached to an aromatic ring is 2. The number of furan rings is 2. The molecule has 9 nitrogen and oxygen atoms in total. The fraction of sp³-hybridized carbons (Fsp3) is 0.240. The van der Waals surface area contributed by atoms with Gasteiger partial charge in [0, 0.05) is 47.8 Å². The van der Waals surface area contributed by atoms with Crippen molar-refractivity contribution < 1.29 is 8.83 Å². The van der Waals surface area contributed by atoms with Gasteiger partial charge < -0.3 is 30.9 Å². The first kappa shape index (κ1) is 22.9. The standard InChI is InChI=1S/C25H29N7O2/c26-23(27)15-5-7-21-17(11-15)13-19(33-21)3-1-9-31-25(30)32-10-2-4-20-14-18-12-16(24(28)29)6-8-22(18)34-20/h5-8,11-14H,1-4,9-10H2,(H3,26,27)(H3,28,29)(H3,30,31,32). The molecule has 176 valence electrons. The van der Waals surface area contributed by atoms with Gasteiger partial charge in [-0.3, -0.25) is 16.2 Å². The topological polar surface area (TPSA) is 174 Å². The molecule has 2 aromatic carbocycles. The number of nitrogens with one attached hydrogen (secondary N) is 5. The van der Waals surface area contributed by atoms with E-state index in [1.807, 2.05) is 36.4 Å². The highest BCUT2D eigenvalue weighted by Crippen LogP contribution is 2.22. The molecule has 0 aliphatic heterocycles. The van der Waals surface area contributed by atoms with Gasteiger partial charge in [-0.25, -0.2) is 0 Å². The zero-order valence-corrected chi connectivity index (χ0v) is 18.8. The maximum Gasteiger partial charge on any atom is 0.188 e. The minimum Gasteiger partial charge on any atom is -0.461 e. The second-order valence-corrected chi connectivity index (χ2v) is 8.19. The number of amidine groups is 2. The smallest absolute Gasteiger partial charge is 0.188 e. The molecule has 0 saturated carbocycles. The summed E-state index contributed by atoms with van der Waals surface area (Å²) >= 11 is 0. The minimum atomic E-state index is 0.0423. The third kappa shape index (κ3) is 5.55. The molecule has 0 unspecified atom stereocenters. The average Bonchev–Trinajstić information content (AvgIpc) is 3.41. The Bertz CT molecular complexity index is 1250. The van der Waals surface area contributed by atoms with Gasteiger partial charge in [0.05, 0.1) is 0 Å². The van der Waals surface area contributed by atoms with Crippen molar-refractivity contribution in [3.8, 4) is 0 Å². The quantitative estimate of drug-likeness (QED) is 0.109. The summed E-state index contributed by atoms with van der Waals surface area (Å²) in [5, 5.41) is 31.1. The highest BCUT2D eigenvalue weighted by Gasteiger charge is 2.08. The maximum atomic E-state index is 8.02. The summed E-state index contributed by atoms with van der Waals surface area (Å²) in [5.74, 6) is 2.13. The van der Waals surface area contributed by atoms with Crippen LogP contribution in [0.5, 0.6) is 0 Å². The molecular weight excluding hydrogens is 430 g/mol. The van der Waals surface area contributed by atoms with Crippen LogP contribution >= 0.6 is 0 Å². The summed E-state index contributed by atoms with van der Waals surface area (Å²) < 4.78 is 11.7. The van der Waals surface area contributed by atoms with Crippen molar-refractivity contribution in [3.05, 3.63) is 71.2 Å². The van der Waals surface area contributed by atoms with E-state index in [-0.39, 0.29) is 11.7 Å². The molecule has 0 fully saturated rings. The van der Waals surface area contributed by atoms with Gasteiger partial charge in [0.1, 0.15) is 34.4 Å². The Balaban J connectivity index is 1.14. The molecule has 0 spiro atoms. The van der Waals surface area contributed by atoms with Crippen molar-refractivity contribution in [2.45, 2.75) is 25.7 Å². The van der Waals surface area contributed by atoms with Gasteiger partial charge in [0.25, 0.3) is 0 Å². The average molecular weight is 460 g/mol. The van der Waals surface area contributed by atoms with Gasteiger partial charge in [-0.1, -0.05) is 0 Å². The molecule has 0 atom stereocenters. The monoisotopic (exact) mass is 459 g/mol. The molecule has 34 heavy (non-hydrogen) atoms. The van der Waals surface area contributed by atoms with Crippen LogP contribution in [0.1, 0.15) is 35.5 Å². The summed E-state index contributed by atoms with van der Waals surface area (Å²) in [5.41, 5.74) is 14.0. The molecule has 9 N–H and O–H groups in total. The molecule has 4 rings (SSSR count). The predicted octanol–water partition coefficient (Wildman–Crippen LogP) is 3.43. The van der Waals surface area contributed by atoms with Crippen molar-refractivity contribution in [2.75, 3.05) is 13.1 Å². The zero-order valence-electron chi connectivity index (χ0n) is 18.8. The molecule has 4 aromatic rings. The predicted molar refractivity (Wildman–Crippen MR) is 135 cm³/mol. The van der Waals surface area contributed by atoms with E-state index in [1.165, 1.54) is 0 Å². The summed E-state index contributed by atoms with van der Waals surface area (Å²) in [6, 6.07) is 14.9. The Morgan fingerprint density at radius 3 is 1.53 bits per heavy atom. The summed E-state index contributed by atoms with van der Waals surface area (Å²) in [6.07, 6.45) is 3.15. The lowest BCUT2D eigenvalue weighted by atomic mass is 10.1. The molecular formula is C25H29N7O2. The lowest BCUT2D eigenvalue weighted by molar-refractivity contribution is 0.533. The lowest BCUT2D eigenvalue weighted by Crippen LogP contribution is -2.37. The largest absolute Gasteiger partial charge is 0.461 e. The van der Waals surface area contributed by atoms with E-state index >= 15 is 0 Å². The summed E-state index contributed by atoms with van der Waals surface area (Å²) in [7, 11) is 0. The zero-order chi connectivity index (χ0) is 24.1. The van der Waals surface area contributed by atoms with Crippen LogP contribution in [0, 0.1) is 16.2 Å². The summed E-state index contributed by atoms with van der Waals surface area (Å²) in [4.78, 5) is 0. The molecule has 0 aliphatic carbocycles. The van der Waals surface area contributed by atoms with Crippen LogP contribution in [0.15, 0.2) is 57.4 Å². The van der Waals surface area contributed by atoms with Crippen LogP contribution in [0.25, 0.3) is 21.9 Å². The SMILES string of the molecule is N=C(NCCCc1cc2cc(C(=N)N)ccc2o1)NCCCc1cc2cc(C(=N)N)ccc2o1. The van der Waals surface area contributed by atoms with Crippen molar-refractivity contribution >= 4 is 39.6 Å². The number of hydrogen-bond acceptors (Lipinski definition) is 5. The van der Waals surface area contributed by atoms with Crippen LogP contribution in [0.2, 0.25) is 0 Å². The molecule has 0 saturated heterocycles. The first-order chi connectivity index (χ1) is 16.4. The van der Waals surface area contributed by atoms with E-state index in [4.69, 9.17) is 36.5 Å². The normalized spacial score (nSPS) is 11.1. The second-order valence-electron chi connectivity index (χ2n) is 8.19. The number of fused-ring (bicyclic) bond motifs is 2. The number of rotatable bonds is 10. The first-order valence-corrected chi connectivity index (χ1v) is 11.2. The second kappa shape index (κ2) is 10.1. The van der Waals surface area contributed by atoms with E-state index in [0.717, 1.165) is 59.1 Å². The lowest BCUT2D eigenvalue weighted by Gasteiger charge is -2.09. The van der Waals surface area contributed by atoms with Crippen molar-refractivity contribution in [2.24, 2.45) is 11.5 Å². The molecule has 0 amide bonds. The Hall–Kier alpha value is -4.27. The molecule has 0 aliphatic rings. The first-order valence-electron chi connectivity index (χ1n) is 11.2. The Morgan fingerprint density at radius 1 is 0.676 bits per heavy atom. The van der Waals surface area contributed by atoms with Gasteiger partial charge in [-0.05, 0) is 61.4 Å². The van der Waals surface area contributed by atoms with E-state index in [1.54, 1.807) is 12.1 Å². The van der Waals surface area contributed by atoms with Gasteiger partial charge in [-0.15, -0.1) is 0 Å². The molecule has 9 heteroatoms. The van der Waals surface area contributed by atoms with E-state index in [2.05, 4.69) is 10.6 Å². The van der Waals surface area contributed by atoms with Gasteiger partial charge in [-0.2, -0.15) is 0 Å². The molecule has 0 bridgehead atoms. The Labute approximate surface area is 197 Å². The van der Waals surface area contributed by atoms with Crippen molar-refractivity contribution in [1.29, 1.82) is 16.2 Å². The minimum absolute atomic E-state index is 0.0423. The number of benzene rings is 2. The highest BCUT2D eigenvalue weighted by molar-refractivity contribution is 5.99. The molecule has 2 aromatic heterocycles. The van der Waals surface area contributed by atoms with E-state index in [9.17, 15) is 0 Å². The van der Waals surface area contributed by atoms with Gasteiger partial charge in [0.2, 0.25) is 0 Å². The third-order valence-electron chi connectivity index (χ3n) is 5.56. The van der Waals surface area contributed by atoms with Gasteiger partial charge in [0.15, 0.2) is 5.96 Å². The Morgan fingerprint density at radius 2 is 1.12 bits per heavy atom. The van der Waals surface area contributed by atoms with Gasteiger partial charge >= 0.3 is 0 Å². The number of guanidine groups is 1. The number of nitrogens with two attached hydrogens (primary N) is 2. The van der Waals surface area contributed by atoms with Crippen LogP contribution < -0.4 is 22.1 Å². The number of aryl methyl sites for hydroxylation is 2. The van der Waals surface area contributed by atoms with E-state index in [0.29, 0.717) is 30.2 Å². The van der Waals surface area contributed by atoms with Crippen molar-refractivity contribution in [1.82, 2.24) is 10.6 Å². The molecule has 2 heterocycles.